The number of aromatic nitrogens is 1. The number of hydrogen-bond donors (Lipinski definition) is 2. The maximum Gasteiger partial charge on any atom is 0.191 e. The first-order valence-electron chi connectivity index (χ1n) is 7.80. The highest BCUT2D eigenvalue weighted by atomic mass is 127. The van der Waals surface area contributed by atoms with Crippen molar-refractivity contribution in [2.24, 2.45) is 4.99 Å². The number of nitrogens with one attached hydrogen (secondary N) is 2. The molecule has 0 aliphatic heterocycles. The number of hydrogen-bond acceptors (Lipinski definition) is 4. The molecule has 1 aromatic carbocycles. The summed E-state index contributed by atoms with van der Waals surface area (Å²) in [6.45, 7) is 8.85. The van der Waals surface area contributed by atoms with Gasteiger partial charge in [-0.05, 0) is 32.9 Å². The van der Waals surface area contributed by atoms with Gasteiger partial charge in [0.15, 0.2) is 5.96 Å². The second-order valence-electron chi connectivity index (χ2n) is 5.15. The predicted octanol–water partition coefficient (Wildman–Crippen LogP) is 3.51. The van der Waals surface area contributed by atoms with Crippen LogP contribution in [0.15, 0.2) is 35.5 Å². The average molecular weight is 460 g/mol. The molecule has 2 aromatic rings. The summed E-state index contributed by atoms with van der Waals surface area (Å²) in [6.07, 6.45) is 1.88. The lowest BCUT2D eigenvalue weighted by atomic mass is 10.2. The molecule has 2 rings (SSSR count). The Hall–Kier alpha value is -1.35. The van der Waals surface area contributed by atoms with E-state index in [-0.39, 0.29) is 24.0 Å². The molecule has 1 heterocycles. The summed E-state index contributed by atoms with van der Waals surface area (Å²) in [5.74, 6) is 1.67. The van der Waals surface area contributed by atoms with Crippen molar-refractivity contribution in [1.82, 2.24) is 15.6 Å². The molecule has 0 radical (unpaired) electrons. The van der Waals surface area contributed by atoms with Gasteiger partial charge < -0.3 is 15.4 Å². The lowest BCUT2D eigenvalue weighted by Crippen LogP contribution is -2.39. The minimum atomic E-state index is 0. The van der Waals surface area contributed by atoms with Gasteiger partial charge in [0.2, 0.25) is 0 Å². The molecule has 0 bridgehead atoms. The molecule has 24 heavy (non-hydrogen) atoms. The maximum absolute atomic E-state index is 5.70. The largest absolute Gasteiger partial charge is 0.492 e. The zero-order valence-corrected chi connectivity index (χ0v) is 17.5. The zero-order chi connectivity index (χ0) is 16.5. The average Bonchev–Trinajstić information content (AvgIpc) is 2.96. The van der Waals surface area contributed by atoms with Gasteiger partial charge in [0.05, 0.1) is 13.1 Å². The second kappa shape index (κ2) is 11.2. The van der Waals surface area contributed by atoms with E-state index in [2.05, 4.69) is 34.5 Å². The molecule has 132 valence electrons. The third-order valence-corrected chi connectivity index (χ3v) is 3.97. The molecule has 0 amide bonds. The summed E-state index contributed by atoms with van der Waals surface area (Å²) in [6, 6.07) is 8.06. The van der Waals surface area contributed by atoms with Crippen molar-refractivity contribution in [3.05, 3.63) is 45.9 Å². The van der Waals surface area contributed by atoms with Crippen LogP contribution in [0.1, 0.15) is 22.4 Å². The van der Waals surface area contributed by atoms with E-state index in [1.165, 1.54) is 10.4 Å². The smallest absolute Gasteiger partial charge is 0.191 e. The van der Waals surface area contributed by atoms with Crippen molar-refractivity contribution in [2.75, 3.05) is 19.7 Å². The third-order valence-electron chi connectivity index (χ3n) is 3.07. The van der Waals surface area contributed by atoms with Gasteiger partial charge in [0.1, 0.15) is 17.4 Å². The molecule has 0 atom stereocenters. The van der Waals surface area contributed by atoms with E-state index in [4.69, 9.17) is 4.74 Å². The molecule has 0 aliphatic carbocycles. The van der Waals surface area contributed by atoms with Gasteiger partial charge in [-0.1, -0.05) is 17.7 Å². The molecule has 7 heteroatoms. The van der Waals surface area contributed by atoms with Crippen LogP contribution in [0, 0.1) is 13.8 Å². The van der Waals surface area contributed by atoms with Crippen LogP contribution < -0.4 is 15.4 Å². The van der Waals surface area contributed by atoms with Crippen molar-refractivity contribution in [3.8, 4) is 5.75 Å². The molecule has 0 aliphatic rings. The topological polar surface area (TPSA) is 58.5 Å². The summed E-state index contributed by atoms with van der Waals surface area (Å²) < 4.78 is 5.70. The molecule has 1 aromatic heterocycles. The first kappa shape index (κ1) is 20.7. The van der Waals surface area contributed by atoms with Gasteiger partial charge in [-0.2, -0.15) is 0 Å². The zero-order valence-electron chi connectivity index (χ0n) is 14.3. The summed E-state index contributed by atoms with van der Waals surface area (Å²) in [5.41, 5.74) is 1.23. The van der Waals surface area contributed by atoms with E-state index in [0.717, 1.165) is 23.3 Å². The number of rotatable bonds is 7. The molecule has 0 saturated heterocycles. The molecule has 0 fully saturated rings. The Morgan fingerprint density at radius 1 is 1.21 bits per heavy atom. The lowest BCUT2D eigenvalue weighted by Gasteiger charge is -2.12. The number of nitrogens with zero attached hydrogens (tertiary/aromatic N) is 2. The minimum absolute atomic E-state index is 0. The normalized spacial score (nSPS) is 10.9. The Balaban J connectivity index is 0.00000288. The van der Waals surface area contributed by atoms with Crippen LogP contribution in [0.3, 0.4) is 0 Å². The van der Waals surface area contributed by atoms with Gasteiger partial charge in [-0.3, -0.25) is 0 Å². The van der Waals surface area contributed by atoms with E-state index >= 15 is 0 Å². The highest BCUT2D eigenvalue weighted by molar-refractivity contribution is 14.0. The Morgan fingerprint density at radius 3 is 2.58 bits per heavy atom. The van der Waals surface area contributed by atoms with Crippen molar-refractivity contribution in [2.45, 2.75) is 27.3 Å². The van der Waals surface area contributed by atoms with E-state index < -0.39 is 0 Å². The molecular weight excluding hydrogens is 435 g/mol. The monoisotopic (exact) mass is 460 g/mol. The lowest BCUT2D eigenvalue weighted by molar-refractivity contribution is 0.322. The second-order valence-corrected chi connectivity index (χ2v) is 6.47. The molecular formula is C17H25IN4OS. The number of guanidine groups is 1. The van der Waals surface area contributed by atoms with Crippen molar-refractivity contribution in [3.63, 3.8) is 0 Å². The van der Waals surface area contributed by atoms with Crippen molar-refractivity contribution in [1.29, 1.82) is 0 Å². The molecule has 2 N–H and O–H groups in total. The fourth-order valence-electron chi connectivity index (χ4n) is 1.94. The SMILES string of the molecule is CCNC(=NCc1ncc(C)s1)NCCOc1ccc(C)cc1.I. The van der Waals surface area contributed by atoms with E-state index in [9.17, 15) is 0 Å². The Labute approximate surface area is 165 Å². The van der Waals surface area contributed by atoms with Crippen molar-refractivity contribution >= 4 is 41.3 Å². The Morgan fingerprint density at radius 2 is 1.96 bits per heavy atom. The summed E-state index contributed by atoms with van der Waals surface area (Å²) >= 11 is 1.68. The first-order chi connectivity index (χ1) is 11.2. The van der Waals surface area contributed by atoms with Crippen LogP contribution in [0.4, 0.5) is 0 Å². The van der Waals surface area contributed by atoms with Crippen LogP contribution in [0.25, 0.3) is 0 Å². The fourth-order valence-corrected chi connectivity index (χ4v) is 2.65. The number of ether oxygens (including phenoxy) is 1. The number of aliphatic imine (C=N–C) groups is 1. The quantitative estimate of drug-likeness (QED) is 0.288. The van der Waals surface area contributed by atoms with E-state index in [1.54, 1.807) is 11.3 Å². The van der Waals surface area contributed by atoms with Crippen LogP contribution >= 0.6 is 35.3 Å². The third kappa shape index (κ3) is 7.48. The molecule has 5 nitrogen and oxygen atoms in total. The van der Waals surface area contributed by atoms with Gasteiger partial charge >= 0.3 is 0 Å². The number of benzene rings is 1. The van der Waals surface area contributed by atoms with Crippen molar-refractivity contribution < 1.29 is 4.74 Å². The van der Waals surface area contributed by atoms with Crippen LogP contribution in [-0.2, 0) is 6.54 Å². The number of halogens is 1. The predicted molar refractivity (Wildman–Crippen MR) is 112 cm³/mol. The van der Waals surface area contributed by atoms with Crippen LogP contribution in [0.5, 0.6) is 5.75 Å². The van der Waals surface area contributed by atoms with Gasteiger partial charge in [0, 0.05) is 17.6 Å². The van der Waals surface area contributed by atoms with E-state index in [1.807, 2.05) is 37.4 Å². The molecule has 0 spiro atoms. The van der Waals surface area contributed by atoms with Crippen LogP contribution in [-0.4, -0.2) is 30.6 Å². The molecule has 0 unspecified atom stereocenters. The van der Waals surface area contributed by atoms with Crippen LogP contribution in [0.2, 0.25) is 0 Å². The minimum Gasteiger partial charge on any atom is -0.492 e. The fraction of sp³-hybridized carbons (Fsp3) is 0.412. The van der Waals surface area contributed by atoms with Gasteiger partial charge in [0.25, 0.3) is 0 Å². The van der Waals surface area contributed by atoms with Gasteiger partial charge in [-0.15, -0.1) is 35.3 Å². The maximum atomic E-state index is 5.70. The Kier molecular flexibility index (Phi) is 9.70. The Bertz CT molecular complexity index is 628. The number of thiazole rings is 1. The molecule has 0 saturated carbocycles. The standard InChI is InChI=1S/C17H24N4OS.HI/c1-4-18-17(21-12-16-20-11-14(3)23-16)19-9-10-22-15-7-5-13(2)6-8-15;/h5-8,11H,4,9-10,12H2,1-3H3,(H2,18,19,21);1H. The highest BCUT2D eigenvalue weighted by Gasteiger charge is 2.00. The van der Waals surface area contributed by atoms with Gasteiger partial charge in [-0.25, -0.2) is 9.98 Å². The summed E-state index contributed by atoms with van der Waals surface area (Å²) in [7, 11) is 0. The summed E-state index contributed by atoms with van der Waals surface area (Å²) in [4.78, 5) is 10.1. The number of aryl methyl sites for hydroxylation is 2. The highest BCUT2D eigenvalue weighted by Crippen LogP contribution is 2.12. The van der Waals surface area contributed by atoms with E-state index in [0.29, 0.717) is 19.7 Å². The first-order valence-corrected chi connectivity index (χ1v) is 8.62. The summed E-state index contributed by atoms with van der Waals surface area (Å²) in [5, 5.41) is 7.52.